The van der Waals surface area contributed by atoms with Gasteiger partial charge in [-0.2, -0.15) is 0 Å². The molecule has 0 bridgehead atoms. The zero-order valence-electron chi connectivity index (χ0n) is 10.1. The Morgan fingerprint density at radius 2 is 2.07 bits per heavy atom. The molecule has 0 N–H and O–H groups in total. The van der Waals surface area contributed by atoms with Crippen LogP contribution >= 0.6 is 0 Å². The molecule has 1 heterocycles. The molecule has 1 unspecified atom stereocenters. The van der Waals surface area contributed by atoms with Gasteiger partial charge in [-0.1, -0.05) is 13.8 Å². The lowest BCUT2D eigenvalue weighted by atomic mass is 10.3. The molecule has 0 spiro atoms. The first-order valence-electron chi connectivity index (χ1n) is 5.69. The summed E-state index contributed by atoms with van der Waals surface area (Å²) < 4.78 is 10.5. The summed E-state index contributed by atoms with van der Waals surface area (Å²) in [5.74, 6) is 0. The van der Waals surface area contributed by atoms with E-state index < -0.39 is 0 Å². The molecule has 1 rings (SSSR count). The number of nitrogens with zero attached hydrogens (tertiary/aromatic N) is 1. The number of rotatable bonds is 5. The average molecular weight is 203 g/mol. The van der Waals surface area contributed by atoms with Crippen LogP contribution < -0.4 is 0 Å². The maximum atomic E-state index is 5.53. The molecule has 0 aromatic carbocycles. The van der Waals surface area contributed by atoms with Crippen molar-refractivity contribution in [3.8, 4) is 0 Å². The normalized spacial score (nSPS) is 21.9. The van der Waals surface area contributed by atoms with Crippen LogP contribution in [0, 0.1) is 0 Å². The molecule has 0 aliphatic carbocycles. The fourth-order valence-corrected chi connectivity index (χ4v) is 1.59. The third kappa shape index (κ3) is 5.58. The van der Waals surface area contributed by atoms with Crippen LogP contribution in [0.4, 0.5) is 0 Å². The van der Waals surface area contributed by atoms with Crippen LogP contribution in [0.5, 0.6) is 0 Å². The number of methoxy groups -OCH3 is 1. The maximum Gasteiger partial charge on any atom is 0.0714 e. The zero-order valence-corrected chi connectivity index (χ0v) is 10.1. The molecule has 0 aromatic heterocycles. The van der Waals surface area contributed by atoms with E-state index in [1.54, 1.807) is 7.11 Å². The molecule has 0 aromatic rings. The van der Waals surface area contributed by atoms with E-state index in [0.29, 0.717) is 6.10 Å². The van der Waals surface area contributed by atoms with Gasteiger partial charge in [0, 0.05) is 33.4 Å². The van der Waals surface area contributed by atoms with Crippen molar-refractivity contribution < 1.29 is 9.47 Å². The highest BCUT2D eigenvalue weighted by molar-refractivity contribution is 4.75. The molecule has 1 aliphatic heterocycles. The summed E-state index contributed by atoms with van der Waals surface area (Å²) in [4.78, 5) is 2.39. The molecule has 3 nitrogen and oxygen atoms in total. The summed E-state index contributed by atoms with van der Waals surface area (Å²) >= 11 is 0. The summed E-state index contributed by atoms with van der Waals surface area (Å²) in [6.07, 6.45) is 1.64. The predicted octanol–water partition coefficient (Wildman–Crippen LogP) is 1.77. The van der Waals surface area contributed by atoms with Crippen molar-refractivity contribution in [1.29, 1.82) is 0 Å². The minimum atomic E-state index is 0.465. The van der Waals surface area contributed by atoms with Gasteiger partial charge in [-0.3, -0.25) is 4.90 Å². The van der Waals surface area contributed by atoms with Gasteiger partial charge in [0.2, 0.25) is 0 Å². The fraction of sp³-hybridized carbons (Fsp3) is 1.00. The minimum absolute atomic E-state index is 0.465. The van der Waals surface area contributed by atoms with Gasteiger partial charge in [-0.25, -0.2) is 0 Å². The monoisotopic (exact) mass is 203 g/mol. The lowest BCUT2D eigenvalue weighted by Crippen LogP contribution is -2.26. The first-order chi connectivity index (χ1) is 6.86. The van der Waals surface area contributed by atoms with E-state index in [4.69, 9.17) is 9.47 Å². The Morgan fingerprint density at radius 1 is 1.36 bits per heavy atom. The van der Waals surface area contributed by atoms with E-state index in [2.05, 4.69) is 11.8 Å². The van der Waals surface area contributed by atoms with Gasteiger partial charge >= 0.3 is 0 Å². The molecule has 0 saturated carbocycles. The Hall–Kier alpha value is -0.120. The standard InChI is InChI=1S/C9H19NO2.C2H6/c1-3-12-9-4-5-10(8-9)6-7-11-2;1-2/h9H,3-8H2,1-2H3;1-2H3. The van der Waals surface area contributed by atoms with Crippen LogP contribution in [0.2, 0.25) is 0 Å². The van der Waals surface area contributed by atoms with Gasteiger partial charge in [0.15, 0.2) is 0 Å². The summed E-state index contributed by atoms with van der Waals surface area (Å²) in [6.45, 7) is 11.0. The molecule has 0 amide bonds. The molecule has 1 aliphatic rings. The summed E-state index contributed by atoms with van der Waals surface area (Å²) in [5.41, 5.74) is 0. The lowest BCUT2D eigenvalue weighted by molar-refractivity contribution is 0.0658. The highest BCUT2D eigenvalue weighted by Gasteiger charge is 2.21. The molecular weight excluding hydrogens is 178 g/mol. The van der Waals surface area contributed by atoms with Crippen LogP contribution in [-0.2, 0) is 9.47 Å². The van der Waals surface area contributed by atoms with Gasteiger partial charge in [0.25, 0.3) is 0 Å². The SMILES string of the molecule is CC.CCOC1CCN(CCOC)C1. The topological polar surface area (TPSA) is 21.7 Å². The second-order valence-electron chi connectivity index (χ2n) is 3.16. The third-order valence-electron chi connectivity index (χ3n) is 2.24. The van der Waals surface area contributed by atoms with Gasteiger partial charge in [0.1, 0.15) is 0 Å². The third-order valence-corrected chi connectivity index (χ3v) is 2.24. The Balaban J connectivity index is 0.000000791. The van der Waals surface area contributed by atoms with Crippen LogP contribution in [0.15, 0.2) is 0 Å². The molecule has 14 heavy (non-hydrogen) atoms. The van der Waals surface area contributed by atoms with Crippen molar-refractivity contribution in [3.05, 3.63) is 0 Å². The van der Waals surface area contributed by atoms with Crippen molar-refractivity contribution in [1.82, 2.24) is 4.90 Å². The summed E-state index contributed by atoms with van der Waals surface area (Å²) in [7, 11) is 1.75. The lowest BCUT2D eigenvalue weighted by Gasteiger charge is -2.14. The molecule has 1 saturated heterocycles. The van der Waals surface area contributed by atoms with Gasteiger partial charge in [-0.15, -0.1) is 0 Å². The van der Waals surface area contributed by atoms with Gasteiger partial charge < -0.3 is 9.47 Å². The molecule has 86 valence electrons. The molecule has 1 fully saturated rings. The van der Waals surface area contributed by atoms with E-state index in [1.807, 2.05) is 13.8 Å². The molecular formula is C11H25NO2. The van der Waals surface area contributed by atoms with Crippen molar-refractivity contribution in [3.63, 3.8) is 0 Å². The van der Waals surface area contributed by atoms with E-state index in [0.717, 1.165) is 32.8 Å². The van der Waals surface area contributed by atoms with Crippen molar-refractivity contribution in [2.75, 3.05) is 40.0 Å². The number of hydrogen-bond donors (Lipinski definition) is 0. The largest absolute Gasteiger partial charge is 0.383 e. The molecule has 0 radical (unpaired) electrons. The fourth-order valence-electron chi connectivity index (χ4n) is 1.59. The Morgan fingerprint density at radius 3 is 2.64 bits per heavy atom. The first-order valence-corrected chi connectivity index (χ1v) is 5.69. The summed E-state index contributed by atoms with van der Waals surface area (Å²) in [5, 5.41) is 0. The van der Waals surface area contributed by atoms with Crippen molar-refractivity contribution in [2.45, 2.75) is 33.3 Å². The molecule has 3 heteroatoms. The Bertz CT molecular complexity index is 120. The van der Waals surface area contributed by atoms with Gasteiger partial charge in [0.05, 0.1) is 12.7 Å². The first kappa shape index (κ1) is 13.9. The van der Waals surface area contributed by atoms with Gasteiger partial charge in [-0.05, 0) is 13.3 Å². The highest BCUT2D eigenvalue weighted by atomic mass is 16.5. The van der Waals surface area contributed by atoms with Crippen LogP contribution in [0.1, 0.15) is 27.2 Å². The highest BCUT2D eigenvalue weighted by Crippen LogP contribution is 2.11. The predicted molar refractivity (Wildman–Crippen MR) is 59.7 cm³/mol. The second-order valence-corrected chi connectivity index (χ2v) is 3.16. The number of likely N-dealkylation sites (tertiary alicyclic amines) is 1. The number of hydrogen-bond acceptors (Lipinski definition) is 3. The van der Waals surface area contributed by atoms with Crippen LogP contribution in [-0.4, -0.2) is 51.0 Å². The van der Waals surface area contributed by atoms with Crippen molar-refractivity contribution in [2.24, 2.45) is 0 Å². The molecule has 1 atom stereocenters. The van der Waals surface area contributed by atoms with E-state index in [1.165, 1.54) is 6.42 Å². The quantitative estimate of drug-likeness (QED) is 0.679. The van der Waals surface area contributed by atoms with E-state index in [9.17, 15) is 0 Å². The van der Waals surface area contributed by atoms with Crippen LogP contribution in [0.25, 0.3) is 0 Å². The second kappa shape index (κ2) is 9.44. The zero-order chi connectivity index (χ0) is 10.8. The Kier molecular flexibility index (Phi) is 9.35. The number of ether oxygens (including phenoxy) is 2. The summed E-state index contributed by atoms with van der Waals surface area (Å²) in [6, 6.07) is 0. The smallest absolute Gasteiger partial charge is 0.0714 e. The maximum absolute atomic E-state index is 5.53. The van der Waals surface area contributed by atoms with Crippen LogP contribution in [0.3, 0.4) is 0 Å². The minimum Gasteiger partial charge on any atom is -0.383 e. The van der Waals surface area contributed by atoms with E-state index >= 15 is 0 Å². The Labute approximate surface area is 88.4 Å². The van der Waals surface area contributed by atoms with Crippen molar-refractivity contribution >= 4 is 0 Å². The van der Waals surface area contributed by atoms with E-state index in [-0.39, 0.29) is 0 Å². The average Bonchev–Trinajstić information content (AvgIpc) is 2.66.